The van der Waals surface area contributed by atoms with Crippen molar-refractivity contribution in [2.75, 3.05) is 7.11 Å². The van der Waals surface area contributed by atoms with Crippen LogP contribution in [0.1, 0.15) is 24.1 Å². The Hall–Kier alpha value is -2.45. The number of hydrogen-bond donors (Lipinski definition) is 1. The molecule has 0 heterocycles. The van der Waals surface area contributed by atoms with Crippen LogP contribution in [0.25, 0.3) is 0 Å². The van der Waals surface area contributed by atoms with E-state index in [1.54, 1.807) is 45.2 Å². The van der Waals surface area contributed by atoms with Crippen molar-refractivity contribution in [3.05, 3.63) is 63.7 Å². The van der Waals surface area contributed by atoms with Crippen molar-refractivity contribution in [2.24, 2.45) is 0 Å². The monoisotopic (exact) mass is 350 g/mol. The molecule has 1 atom stereocenters. The molecule has 0 saturated carbocycles. The van der Waals surface area contributed by atoms with Crippen LogP contribution in [0, 0.1) is 17.0 Å². The van der Waals surface area contributed by atoms with Crippen LogP contribution < -0.4 is 9.46 Å². The van der Waals surface area contributed by atoms with Gasteiger partial charge in [0.1, 0.15) is 5.75 Å². The molecule has 0 radical (unpaired) electrons. The quantitative estimate of drug-likeness (QED) is 0.638. The van der Waals surface area contributed by atoms with E-state index in [4.69, 9.17) is 4.74 Å². The van der Waals surface area contributed by atoms with Gasteiger partial charge in [-0.3, -0.25) is 10.1 Å². The first-order chi connectivity index (χ1) is 11.2. The zero-order chi connectivity index (χ0) is 17.9. The standard InChI is InChI=1S/C16H18N2O5S/c1-11-4-9-15(10-16(11)18(19)20)24(21,22)17-12(2)13-5-7-14(23-3)8-6-13/h4-10,12,17H,1-3H3. The highest BCUT2D eigenvalue weighted by molar-refractivity contribution is 7.89. The molecule has 0 saturated heterocycles. The summed E-state index contributed by atoms with van der Waals surface area (Å²) in [6.07, 6.45) is 0. The van der Waals surface area contributed by atoms with Crippen LogP contribution in [0.2, 0.25) is 0 Å². The van der Waals surface area contributed by atoms with E-state index in [-0.39, 0.29) is 10.6 Å². The molecule has 2 aromatic carbocycles. The van der Waals surface area contributed by atoms with Crippen LogP contribution in [0.15, 0.2) is 47.4 Å². The second-order valence-electron chi connectivity index (χ2n) is 5.32. The highest BCUT2D eigenvalue weighted by Crippen LogP contribution is 2.24. The van der Waals surface area contributed by atoms with Crippen molar-refractivity contribution in [3.63, 3.8) is 0 Å². The van der Waals surface area contributed by atoms with E-state index in [2.05, 4.69) is 4.72 Å². The minimum Gasteiger partial charge on any atom is -0.497 e. The molecule has 1 N–H and O–H groups in total. The predicted molar refractivity (Wildman–Crippen MR) is 89.6 cm³/mol. The van der Waals surface area contributed by atoms with Gasteiger partial charge in [0.2, 0.25) is 10.0 Å². The van der Waals surface area contributed by atoms with Crippen LogP contribution in [0.3, 0.4) is 0 Å². The molecule has 24 heavy (non-hydrogen) atoms. The van der Waals surface area contributed by atoms with E-state index < -0.39 is 21.0 Å². The molecule has 8 heteroatoms. The minimum absolute atomic E-state index is 0.139. The third-order valence-electron chi connectivity index (χ3n) is 3.64. The normalized spacial score (nSPS) is 12.6. The SMILES string of the molecule is COc1ccc(C(C)NS(=O)(=O)c2ccc(C)c([N+](=O)[O-])c2)cc1. The van der Waals surface area contributed by atoms with Gasteiger partial charge in [0.15, 0.2) is 0 Å². The zero-order valence-corrected chi connectivity index (χ0v) is 14.3. The number of hydrogen-bond acceptors (Lipinski definition) is 5. The van der Waals surface area contributed by atoms with Gasteiger partial charge in [-0.05, 0) is 37.6 Å². The van der Waals surface area contributed by atoms with Crippen LogP contribution in [-0.2, 0) is 10.0 Å². The van der Waals surface area contributed by atoms with Gasteiger partial charge >= 0.3 is 0 Å². The molecule has 0 aliphatic heterocycles. The topological polar surface area (TPSA) is 98.5 Å². The number of benzene rings is 2. The molecule has 0 aliphatic carbocycles. The molecule has 0 bridgehead atoms. The van der Waals surface area contributed by atoms with E-state index in [1.165, 1.54) is 12.1 Å². The van der Waals surface area contributed by atoms with Gasteiger partial charge in [0.25, 0.3) is 5.69 Å². The first-order valence-corrected chi connectivity index (χ1v) is 8.64. The molecule has 0 aliphatic rings. The number of sulfonamides is 1. The summed E-state index contributed by atoms with van der Waals surface area (Å²) in [7, 11) is -2.33. The van der Waals surface area contributed by atoms with Gasteiger partial charge in [-0.2, -0.15) is 0 Å². The van der Waals surface area contributed by atoms with Crippen molar-refractivity contribution in [2.45, 2.75) is 24.8 Å². The van der Waals surface area contributed by atoms with Gasteiger partial charge in [0, 0.05) is 17.7 Å². The molecule has 0 spiro atoms. The lowest BCUT2D eigenvalue weighted by Crippen LogP contribution is -2.27. The van der Waals surface area contributed by atoms with Crippen LogP contribution in [0.4, 0.5) is 5.69 Å². The highest BCUT2D eigenvalue weighted by atomic mass is 32.2. The van der Waals surface area contributed by atoms with Crippen molar-refractivity contribution < 1.29 is 18.1 Å². The van der Waals surface area contributed by atoms with Crippen molar-refractivity contribution in [3.8, 4) is 5.75 Å². The lowest BCUT2D eigenvalue weighted by Gasteiger charge is -2.15. The Morgan fingerprint density at radius 1 is 1.17 bits per heavy atom. The van der Waals surface area contributed by atoms with Gasteiger partial charge in [-0.25, -0.2) is 13.1 Å². The largest absolute Gasteiger partial charge is 0.497 e. The Balaban J connectivity index is 2.27. The number of methoxy groups -OCH3 is 1. The average molecular weight is 350 g/mol. The Labute approximate surface area is 140 Å². The molecule has 2 aromatic rings. The Morgan fingerprint density at radius 3 is 2.33 bits per heavy atom. The first kappa shape index (κ1) is 17.9. The number of nitrogens with one attached hydrogen (secondary N) is 1. The smallest absolute Gasteiger partial charge is 0.273 e. The summed E-state index contributed by atoms with van der Waals surface area (Å²) in [5, 5.41) is 11.0. The van der Waals surface area contributed by atoms with Crippen LogP contribution in [-0.4, -0.2) is 20.5 Å². The first-order valence-electron chi connectivity index (χ1n) is 7.16. The molecule has 2 rings (SSSR count). The maximum absolute atomic E-state index is 12.5. The summed E-state index contributed by atoms with van der Waals surface area (Å²) in [5.74, 6) is 0.669. The third-order valence-corrected chi connectivity index (χ3v) is 5.17. The lowest BCUT2D eigenvalue weighted by atomic mass is 10.1. The molecular formula is C16H18N2O5S. The maximum Gasteiger partial charge on any atom is 0.273 e. The van der Waals surface area contributed by atoms with Gasteiger partial charge in [0.05, 0.1) is 16.9 Å². The molecule has 0 amide bonds. The predicted octanol–water partition coefficient (Wildman–Crippen LogP) is 2.95. The molecular weight excluding hydrogens is 332 g/mol. The van der Waals surface area contributed by atoms with Gasteiger partial charge in [-0.1, -0.05) is 18.2 Å². The number of nitrogens with zero attached hydrogens (tertiary/aromatic N) is 1. The third kappa shape index (κ3) is 3.90. The molecule has 1 unspecified atom stereocenters. The number of nitro groups is 1. The lowest BCUT2D eigenvalue weighted by molar-refractivity contribution is -0.385. The van der Waals surface area contributed by atoms with Crippen molar-refractivity contribution in [1.82, 2.24) is 4.72 Å². The highest BCUT2D eigenvalue weighted by Gasteiger charge is 2.22. The summed E-state index contributed by atoms with van der Waals surface area (Å²) in [6.45, 7) is 3.25. The Bertz CT molecular complexity index is 847. The maximum atomic E-state index is 12.5. The summed E-state index contributed by atoms with van der Waals surface area (Å²) < 4.78 is 32.5. The zero-order valence-electron chi connectivity index (χ0n) is 13.5. The number of rotatable bonds is 6. The fraction of sp³-hybridized carbons (Fsp3) is 0.250. The molecule has 128 valence electrons. The average Bonchev–Trinajstić information content (AvgIpc) is 2.54. The second-order valence-corrected chi connectivity index (χ2v) is 7.04. The second kappa shape index (κ2) is 6.98. The Kier molecular flexibility index (Phi) is 5.20. The van der Waals surface area contributed by atoms with E-state index in [9.17, 15) is 18.5 Å². The van der Waals surface area contributed by atoms with E-state index in [0.717, 1.165) is 11.6 Å². The minimum atomic E-state index is -3.88. The van der Waals surface area contributed by atoms with Gasteiger partial charge in [-0.15, -0.1) is 0 Å². The fourth-order valence-corrected chi connectivity index (χ4v) is 3.47. The Morgan fingerprint density at radius 2 is 1.79 bits per heavy atom. The molecule has 7 nitrogen and oxygen atoms in total. The van der Waals surface area contributed by atoms with Crippen LogP contribution in [0.5, 0.6) is 5.75 Å². The number of ether oxygens (including phenoxy) is 1. The number of nitro benzene ring substituents is 1. The summed E-state index contributed by atoms with van der Waals surface area (Å²) in [4.78, 5) is 10.2. The molecule has 0 fully saturated rings. The van der Waals surface area contributed by atoms with E-state index in [1.807, 2.05) is 0 Å². The molecule has 0 aromatic heterocycles. The number of aryl methyl sites for hydroxylation is 1. The van der Waals surface area contributed by atoms with Crippen molar-refractivity contribution >= 4 is 15.7 Å². The summed E-state index contributed by atoms with van der Waals surface area (Å²) in [6, 6.07) is 10.3. The van der Waals surface area contributed by atoms with Gasteiger partial charge < -0.3 is 4.74 Å². The van der Waals surface area contributed by atoms with E-state index >= 15 is 0 Å². The summed E-state index contributed by atoms with van der Waals surface area (Å²) in [5.41, 5.74) is 0.929. The summed E-state index contributed by atoms with van der Waals surface area (Å²) >= 11 is 0. The van der Waals surface area contributed by atoms with E-state index in [0.29, 0.717) is 11.3 Å². The van der Waals surface area contributed by atoms with Crippen molar-refractivity contribution in [1.29, 1.82) is 0 Å². The fourth-order valence-electron chi connectivity index (χ4n) is 2.21. The van der Waals surface area contributed by atoms with Crippen LogP contribution >= 0.6 is 0 Å².